The predicted octanol–water partition coefficient (Wildman–Crippen LogP) is 4.18. The summed E-state index contributed by atoms with van der Waals surface area (Å²) >= 11 is 0. The van der Waals surface area contributed by atoms with Crippen molar-refractivity contribution in [1.29, 1.82) is 0 Å². The van der Waals surface area contributed by atoms with E-state index < -0.39 is 35.4 Å². The summed E-state index contributed by atoms with van der Waals surface area (Å²) in [6, 6.07) is 2.02. The third-order valence-electron chi connectivity index (χ3n) is 4.78. The summed E-state index contributed by atoms with van der Waals surface area (Å²) in [7, 11) is 0. The van der Waals surface area contributed by atoms with E-state index in [4.69, 9.17) is 4.74 Å². The number of fused-ring (bicyclic) bond motifs is 3. The van der Waals surface area contributed by atoms with E-state index in [2.05, 4.69) is 6.58 Å². The second kappa shape index (κ2) is 6.83. The smallest absolute Gasteiger partial charge is 0.417 e. The monoisotopic (exact) mass is 396 g/mol. The van der Waals surface area contributed by atoms with Crippen molar-refractivity contribution in [1.82, 2.24) is 9.80 Å². The standard InChI is InChI=1S/C20H23F3N2O3/c1-5-6-12-9-13-15-11-24(18(27)28-19(2,3)4)7-8-25(15)17(26)16(13)14(10-12)20(21,22)23/h5,9-10,15H,1,6-8,11H2,2-4H3/t15-/m0/s1. The van der Waals surface area contributed by atoms with Crippen LogP contribution in [0.2, 0.25) is 0 Å². The maximum atomic E-state index is 13.6. The largest absolute Gasteiger partial charge is 0.444 e. The van der Waals surface area contributed by atoms with Gasteiger partial charge in [-0.05, 0) is 44.4 Å². The fourth-order valence-electron chi connectivity index (χ4n) is 3.66. The highest BCUT2D eigenvalue weighted by Gasteiger charge is 2.47. The van der Waals surface area contributed by atoms with Crippen molar-refractivity contribution >= 4 is 12.0 Å². The van der Waals surface area contributed by atoms with Crippen molar-refractivity contribution in [3.8, 4) is 0 Å². The van der Waals surface area contributed by atoms with Crippen molar-refractivity contribution in [2.75, 3.05) is 19.6 Å². The Hall–Kier alpha value is -2.51. The third kappa shape index (κ3) is 3.72. The number of alkyl halides is 3. The lowest BCUT2D eigenvalue weighted by atomic mass is 9.94. The van der Waals surface area contributed by atoms with E-state index in [-0.39, 0.29) is 31.6 Å². The third-order valence-corrected chi connectivity index (χ3v) is 4.78. The highest BCUT2D eigenvalue weighted by molar-refractivity contribution is 6.01. The topological polar surface area (TPSA) is 49.9 Å². The van der Waals surface area contributed by atoms with Crippen LogP contribution in [0, 0.1) is 0 Å². The van der Waals surface area contributed by atoms with Gasteiger partial charge in [0.2, 0.25) is 0 Å². The normalized spacial score (nSPS) is 19.4. The fraction of sp³-hybridized carbons (Fsp3) is 0.500. The highest BCUT2D eigenvalue weighted by atomic mass is 19.4. The van der Waals surface area contributed by atoms with Gasteiger partial charge >= 0.3 is 12.3 Å². The lowest BCUT2D eigenvalue weighted by molar-refractivity contribution is -0.138. The van der Waals surface area contributed by atoms with Crippen LogP contribution in [0.25, 0.3) is 0 Å². The van der Waals surface area contributed by atoms with Crippen LogP contribution in [0.15, 0.2) is 24.8 Å². The number of hydrogen-bond acceptors (Lipinski definition) is 3. The molecule has 2 aliphatic rings. The molecule has 0 saturated carbocycles. The highest BCUT2D eigenvalue weighted by Crippen LogP contribution is 2.43. The van der Waals surface area contributed by atoms with E-state index in [1.54, 1.807) is 26.8 Å². The Balaban J connectivity index is 2.00. The molecule has 152 valence electrons. The molecule has 0 spiro atoms. The number of piperazine rings is 1. The van der Waals surface area contributed by atoms with Gasteiger partial charge in [-0.1, -0.05) is 12.1 Å². The zero-order valence-corrected chi connectivity index (χ0v) is 16.1. The van der Waals surface area contributed by atoms with Gasteiger partial charge in [0.15, 0.2) is 0 Å². The Labute approximate surface area is 161 Å². The van der Waals surface area contributed by atoms with E-state index >= 15 is 0 Å². The summed E-state index contributed by atoms with van der Waals surface area (Å²) in [6.45, 7) is 9.28. The molecular weight excluding hydrogens is 373 g/mol. The van der Waals surface area contributed by atoms with Gasteiger partial charge in [-0.25, -0.2) is 4.79 Å². The molecule has 28 heavy (non-hydrogen) atoms. The van der Waals surface area contributed by atoms with Gasteiger partial charge in [-0.3, -0.25) is 4.79 Å². The summed E-state index contributed by atoms with van der Waals surface area (Å²) in [5.41, 5.74) is -1.17. The summed E-state index contributed by atoms with van der Waals surface area (Å²) < 4.78 is 46.2. The molecule has 0 aliphatic carbocycles. The zero-order chi connectivity index (χ0) is 20.9. The Morgan fingerprint density at radius 3 is 2.54 bits per heavy atom. The van der Waals surface area contributed by atoms with Gasteiger partial charge in [0.05, 0.1) is 17.2 Å². The minimum atomic E-state index is -4.64. The van der Waals surface area contributed by atoms with Crippen LogP contribution in [0.1, 0.15) is 53.9 Å². The van der Waals surface area contributed by atoms with Gasteiger partial charge in [0.25, 0.3) is 5.91 Å². The second-order valence-corrected chi connectivity index (χ2v) is 8.04. The van der Waals surface area contributed by atoms with Crippen molar-refractivity contribution in [3.63, 3.8) is 0 Å². The number of ether oxygens (including phenoxy) is 1. The maximum absolute atomic E-state index is 13.6. The number of allylic oxidation sites excluding steroid dienone is 1. The molecule has 1 aromatic rings. The molecule has 1 aromatic carbocycles. The Bertz CT molecular complexity index is 827. The molecule has 2 heterocycles. The first-order valence-corrected chi connectivity index (χ1v) is 9.06. The van der Waals surface area contributed by atoms with E-state index in [9.17, 15) is 22.8 Å². The van der Waals surface area contributed by atoms with Crippen LogP contribution < -0.4 is 0 Å². The molecule has 0 radical (unpaired) electrons. The summed E-state index contributed by atoms with van der Waals surface area (Å²) in [6.07, 6.45) is -3.40. The number of carbonyl (C=O) groups excluding carboxylic acids is 2. The van der Waals surface area contributed by atoms with Gasteiger partial charge in [0, 0.05) is 19.6 Å². The van der Waals surface area contributed by atoms with E-state index in [1.807, 2.05) is 0 Å². The van der Waals surface area contributed by atoms with Crippen molar-refractivity contribution in [2.45, 2.75) is 45.0 Å². The number of nitrogens with zero attached hydrogens (tertiary/aromatic N) is 2. The Morgan fingerprint density at radius 2 is 1.96 bits per heavy atom. The lowest BCUT2D eigenvalue weighted by Gasteiger charge is -2.38. The van der Waals surface area contributed by atoms with Crippen LogP contribution in [0.3, 0.4) is 0 Å². The average Bonchev–Trinajstić information content (AvgIpc) is 2.84. The number of carbonyl (C=O) groups is 2. The molecule has 2 amide bonds. The van der Waals surface area contributed by atoms with Gasteiger partial charge < -0.3 is 14.5 Å². The number of amides is 2. The quantitative estimate of drug-likeness (QED) is 0.705. The van der Waals surface area contributed by atoms with Crippen molar-refractivity contribution < 1.29 is 27.5 Å². The minimum Gasteiger partial charge on any atom is -0.444 e. The molecule has 1 fully saturated rings. The molecule has 0 bridgehead atoms. The summed E-state index contributed by atoms with van der Waals surface area (Å²) in [5.74, 6) is -0.638. The molecule has 0 N–H and O–H groups in total. The first-order valence-electron chi connectivity index (χ1n) is 9.06. The first-order chi connectivity index (χ1) is 12.9. The number of benzene rings is 1. The summed E-state index contributed by atoms with van der Waals surface area (Å²) in [4.78, 5) is 28.0. The predicted molar refractivity (Wildman–Crippen MR) is 96.9 cm³/mol. The number of halogens is 3. The van der Waals surface area contributed by atoms with Gasteiger partial charge in [-0.2, -0.15) is 13.2 Å². The lowest BCUT2D eigenvalue weighted by Crippen LogP contribution is -2.50. The van der Waals surface area contributed by atoms with E-state index in [0.717, 1.165) is 6.07 Å². The molecule has 1 saturated heterocycles. The summed E-state index contributed by atoms with van der Waals surface area (Å²) in [5, 5.41) is 0. The fourth-order valence-corrected chi connectivity index (χ4v) is 3.66. The molecule has 1 atom stereocenters. The van der Waals surface area contributed by atoms with E-state index in [0.29, 0.717) is 11.1 Å². The Kier molecular flexibility index (Phi) is 4.93. The van der Waals surface area contributed by atoms with Crippen LogP contribution in [0.5, 0.6) is 0 Å². The van der Waals surface area contributed by atoms with Crippen LogP contribution in [0.4, 0.5) is 18.0 Å². The minimum absolute atomic E-state index is 0.0997. The molecule has 8 heteroatoms. The van der Waals surface area contributed by atoms with Crippen LogP contribution in [-0.4, -0.2) is 47.0 Å². The molecule has 0 unspecified atom stereocenters. The van der Waals surface area contributed by atoms with Crippen molar-refractivity contribution in [3.05, 3.63) is 47.0 Å². The average molecular weight is 396 g/mol. The van der Waals surface area contributed by atoms with Crippen LogP contribution in [-0.2, 0) is 17.3 Å². The second-order valence-electron chi connectivity index (χ2n) is 8.04. The van der Waals surface area contributed by atoms with Crippen molar-refractivity contribution in [2.24, 2.45) is 0 Å². The Morgan fingerprint density at radius 1 is 1.29 bits per heavy atom. The number of hydrogen-bond donors (Lipinski definition) is 0. The maximum Gasteiger partial charge on any atom is 0.417 e. The molecule has 5 nitrogen and oxygen atoms in total. The number of rotatable bonds is 2. The molecule has 2 aliphatic heterocycles. The van der Waals surface area contributed by atoms with Gasteiger partial charge in [0.1, 0.15) is 5.60 Å². The SMILES string of the molecule is C=CCc1cc2c(c(C(F)(F)F)c1)C(=O)N1CCN(C(=O)OC(C)(C)C)C[C@@H]21. The van der Waals surface area contributed by atoms with E-state index in [1.165, 1.54) is 15.9 Å². The van der Waals surface area contributed by atoms with Crippen LogP contribution >= 0.6 is 0 Å². The van der Waals surface area contributed by atoms with Gasteiger partial charge in [-0.15, -0.1) is 6.58 Å². The first kappa shape index (κ1) is 20.2. The zero-order valence-electron chi connectivity index (χ0n) is 16.1. The molecular formula is C20H23F3N2O3. The molecule has 3 rings (SSSR count). The molecule has 0 aromatic heterocycles.